The number of β-amino-alcohol motifs (C(OH)–C–C–N with tert-alkyl or cyclic N) is 1. The van der Waals surface area contributed by atoms with Crippen LogP contribution >= 0.6 is 23.2 Å². The minimum Gasteiger partial charge on any atom is -0.391 e. The number of halogens is 2. The number of hydrogen-bond acceptors (Lipinski definition) is 4. The van der Waals surface area contributed by atoms with Gasteiger partial charge in [-0.1, -0.05) is 29.3 Å². The molecule has 9 heteroatoms. The minimum atomic E-state index is -0.582. The van der Waals surface area contributed by atoms with Gasteiger partial charge in [0, 0.05) is 39.1 Å². The Morgan fingerprint density at radius 2 is 1.90 bits per heavy atom. The molecule has 164 valence electrons. The first-order valence-corrected chi connectivity index (χ1v) is 11.0. The number of likely N-dealkylation sites (tertiary alicyclic amines) is 1. The third-order valence-corrected chi connectivity index (χ3v) is 6.49. The Hall–Kier alpha value is -1.83. The van der Waals surface area contributed by atoms with Crippen LogP contribution in [0.15, 0.2) is 18.2 Å². The van der Waals surface area contributed by atoms with E-state index in [9.17, 15) is 19.5 Å². The number of aliphatic hydroxyl groups is 1. The van der Waals surface area contributed by atoms with E-state index in [1.54, 1.807) is 39.8 Å². The Balaban J connectivity index is 1.52. The lowest BCUT2D eigenvalue weighted by Crippen LogP contribution is -2.58. The highest BCUT2D eigenvalue weighted by atomic mass is 35.5. The highest BCUT2D eigenvalue weighted by molar-refractivity contribution is 6.42. The van der Waals surface area contributed by atoms with Crippen molar-refractivity contribution >= 4 is 40.9 Å². The maximum absolute atomic E-state index is 12.8. The van der Waals surface area contributed by atoms with E-state index in [0.717, 1.165) is 18.4 Å². The smallest absolute Gasteiger partial charge is 0.245 e. The van der Waals surface area contributed by atoms with Crippen molar-refractivity contribution in [2.75, 3.05) is 32.7 Å². The maximum atomic E-state index is 12.8. The molecule has 1 aromatic rings. The van der Waals surface area contributed by atoms with Crippen molar-refractivity contribution in [2.24, 2.45) is 0 Å². The van der Waals surface area contributed by atoms with Crippen LogP contribution in [0.5, 0.6) is 0 Å². The summed E-state index contributed by atoms with van der Waals surface area (Å²) in [4.78, 5) is 42.8. The number of piperidine rings is 1. The average Bonchev–Trinajstić information content (AvgIpc) is 2.71. The van der Waals surface area contributed by atoms with E-state index >= 15 is 0 Å². The third-order valence-electron chi connectivity index (χ3n) is 5.75. The molecular formula is C21H27Cl2N3O4. The van der Waals surface area contributed by atoms with Crippen LogP contribution in [0.4, 0.5) is 0 Å². The first-order valence-electron chi connectivity index (χ1n) is 10.2. The maximum Gasteiger partial charge on any atom is 0.245 e. The molecule has 2 aliphatic rings. The van der Waals surface area contributed by atoms with Crippen molar-refractivity contribution in [3.8, 4) is 0 Å². The zero-order valence-electron chi connectivity index (χ0n) is 17.0. The summed E-state index contributed by atoms with van der Waals surface area (Å²) in [5.74, 6) is -0.352. The summed E-state index contributed by atoms with van der Waals surface area (Å²) in [6.45, 7) is 3.86. The molecule has 0 spiro atoms. The topological polar surface area (TPSA) is 81.2 Å². The second-order valence-electron chi connectivity index (χ2n) is 7.90. The Kier molecular flexibility index (Phi) is 7.60. The molecule has 1 N–H and O–H groups in total. The molecule has 3 amide bonds. The Morgan fingerprint density at radius 3 is 2.60 bits per heavy atom. The largest absolute Gasteiger partial charge is 0.391 e. The van der Waals surface area contributed by atoms with Gasteiger partial charge < -0.3 is 19.8 Å². The van der Waals surface area contributed by atoms with Crippen molar-refractivity contribution in [2.45, 2.75) is 44.8 Å². The van der Waals surface area contributed by atoms with Crippen molar-refractivity contribution in [1.29, 1.82) is 0 Å². The second-order valence-corrected chi connectivity index (χ2v) is 8.71. The molecule has 2 aliphatic heterocycles. The van der Waals surface area contributed by atoms with E-state index in [1.807, 2.05) is 0 Å². The number of aliphatic hydroxyl groups excluding tert-OH is 1. The van der Waals surface area contributed by atoms with Crippen LogP contribution in [0.3, 0.4) is 0 Å². The van der Waals surface area contributed by atoms with Gasteiger partial charge in [0.25, 0.3) is 0 Å². The summed E-state index contributed by atoms with van der Waals surface area (Å²) in [6.07, 6.45) is 1.42. The van der Waals surface area contributed by atoms with Crippen LogP contribution in [0.1, 0.15) is 31.7 Å². The van der Waals surface area contributed by atoms with Crippen LogP contribution in [0, 0.1) is 0 Å². The van der Waals surface area contributed by atoms with Gasteiger partial charge in [-0.05, 0) is 37.5 Å². The summed E-state index contributed by atoms with van der Waals surface area (Å²) in [6, 6.07) is 4.48. The van der Waals surface area contributed by atoms with E-state index < -0.39 is 12.1 Å². The Morgan fingerprint density at radius 1 is 1.13 bits per heavy atom. The number of rotatable bonds is 5. The summed E-state index contributed by atoms with van der Waals surface area (Å²) in [7, 11) is 0. The molecule has 30 heavy (non-hydrogen) atoms. The molecule has 2 heterocycles. The molecule has 1 unspecified atom stereocenters. The number of nitrogens with zero attached hydrogens (tertiary/aromatic N) is 3. The van der Waals surface area contributed by atoms with E-state index in [-0.39, 0.29) is 30.6 Å². The monoisotopic (exact) mass is 455 g/mol. The van der Waals surface area contributed by atoms with Crippen LogP contribution in [0.25, 0.3) is 0 Å². The molecule has 2 fully saturated rings. The first kappa shape index (κ1) is 22.8. The van der Waals surface area contributed by atoms with Gasteiger partial charge >= 0.3 is 0 Å². The molecule has 0 radical (unpaired) electrons. The molecular weight excluding hydrogens is 429 g/mol. The summed E-state index contributed by atoms with van der Waals surface area (Å²) >= 11 is 11.9. The lowest BCUT2D eigenvalue weighted by Gasteiger charge is -2.39. The zero-order chi connectivity index (χ0) is 21.8. The van der Waals surface area contributed by atoms with Gasteiger partial charge in [-0.25, -0.2) is 0 Å². The molecule has 0 saturated carbocycles. The predicted molar refractivity (Wildman–Crippen MR) is 114 cm³/mol. The van der Waals surface area contributed by atoms with E-state index in [0.29, 0.717) is 42.8 Å². The molecule has 1 aromatic carbocycles. The van der Waals surface area contributed by atoms with Gasteiger partial charge in [0.15, 0.2) is 0 Å². The lowest BCUT2D eigenvalue weighted by atomic mass is 10.1. The number of hydrogen-bond donors (Lipinski definition) is 1. The molecule has 0 aliphatic carbocycles. The summed E-state index contributed by atoms with van der Waals surface area (Å²) in [5, 5.41) is 10.5. The van der Waals surface area contributed by atoms with Gasteiger partial charge in [-0.2, -0.15) is 0 Å². The van der Waals surface area contributed by atoms with Crippen LogP contribution in [-0.4, -0.2) is 82.4 Å². The van der Waals surface area contributed by atoms with Gasteiger partial charge in [0.05, 0.1) is 22.6 Å². The third kappa shape index (κ3) is 5.45. The molecule has 0 bridgehead atoms. The van der Waals surface area contributed by atoms with Crippen LogP contribution in [-0.2, 0) is 20.8 Å². The van der Waals surface area contributed by atoms with Crippen LogP contribution in [0.2, 0.25) is 10.0 Å². The molecule has 7 nitrogen and oxygen atoms in total. The van der Waals surface area contributed by atoms with Gasteiger partial charge in [-0.3, -0.25) is 14.4 Å². The fraction of sp³-hybridized carbons (Fsp3) is 0.571. The standard InChI is InChI=1S/C21H27Cl2N3O4/c1-14-21(30)24(8-6-19(28)25-7-2-3-16(27)13-25)9-10-26(14)20(29)12-15-4-5-17(22)18(23)11-15/h4-5,11,14,16,27H,2-3,6-10,12-13H2,1H3/t14-,16?/m0/s1. The Bertz CT molecular complexity index is 819. The van der Waals surface area contributed by atoms with Gasteiger partial charge in [0.2, 0.25) is 17.7 Å². The Labute approximate surface area is 186 Å². The number of piperazine rings is 1. The first-order chi connectivity index (χ1) is 14.3. The number of amides is 3. The second kappa shape index (κ2) is 9.98. The fourth-order valence-electron chi connectivity index (χ4n) is 3.99. The fourth-order valence-corrected chi connectivity index (χ4v) is 4.31. The van der Waals surface area contributed by atoms with Gasteiger partial charge in [-0.15, -0.1) is 0 Å². The zero-order valence-corrected chi connectivity index (χ0v) is 18.5. The summed E-state index contributed by atoms with van der Waals surface area (Å²) in [5.41, 5.74) is 0.741. The van der Waals surface area contributed by atoms with Crippen LogP contribution < -0.4 is 0 Å². The molecule has 2 saturated heterocycles. The SMILES string of the molecule is C[C@H]1C(=O)N(CCC(=O)N2CCCC(O)C2)CCN1C(=O)Cc1ccc(Cl)c(Cl)c1. The van der Waals surface area contributed by atoms with E-state index in [1.165, 1.54) is 0 Å². The molecule has 2 atom stereocenters. The normalized spacial score (nSPS) is 22.4. The van der Waals surface area contributed by atoms with E-state index in [2.05, 4.69) is 0 Å². The number of carbonyl (C=O) groups is 3. The van der Waals surface area contributed by atoms with Gasteiger partial charge in [0.1, 0.15) is 6.04 Å². The molecule has 3 rings (SSSR count). The van der Waals surface area contributed by atoms with E-state index in [4.69, 9.17) is 23.2 Å². The van der Waals surface area contributed by atoms with Crippen molar-refractivity contribution in [3.63, 3.8) is 0 Å². The number of carbonyl (C=O) groups excluding carboxylic acids is 3. The number of benzene rings is 1. The predicted octanol–water partition coefficient (Wildman–Crippen LogP) is 1.97. The molecule has 0 aromatic heterocycles. The van der Waals surface area contributed by atoms with Crippen molar-refractivity contribution in [1.82, 2.24) is 14.7 Å². The highest BCUT2D eigenvalue weighted by Crippen LogP contribution is 2.23. The minimum absolute atomic E-state index is 0.0488. The van der Waals surface area contributed by atoms with Crippen molar-refractivity contribution in [3.05, 3.63) is 33.8 Å². The van der Waals surface area contributed by atoms with Crippen molar-refractivity contribution < 1.29 is 19.5 Å². The average molecular weight is 456 g/mol. The lowest BCUT2D eigenvalue weighted by molar-refractivity contribution is -0.151. The highest BCUT2D eigenvalue weighted by Gasteiger charge is 2.34. The summed E-state index contributed by atoms with van der Waals surface area (Å²) < 4.78 is 0. The quantitative estimate of drug-likeness (QED) is 0.735.